The van der Waals surface area contributed by atoms with Crippen molar-refractivity contribution in [2.24, 2.45) is 5.14 Å². The van der Waals surface area contributed by atoms with Gasteiger partial charge in [0.1, 0.15) is 0 Å². The third kappa shape index (κ3) is 5.02. The summed E-state index contributed by atoms with van der Waals surface area (Å²) in [5.74, 6) is -0.0205. The van der Waals surface area contributed by atoms with Gasteiger partial charge in [-0.05, 0) is 47.9 Å². The first kappa shape index (κ1) is 21.4. The Balaban J connectivity index is 1.87. The van der Waals surface area contributed by atoms with Gasteiger partial charge in [-0.25, -0.2) is 27.0 Å². The summed E-state index contributed by atoms with van der Waals surface area (Å²) >= 11 is 1.39. The van der Waals surface area contributed by atoms with E-state index in [1.54, 1.807) is 24.3 Å². The van der Waals surface area contributed by atoms with Crippen LogP contribution in [-0.2, 0) is 19.9 Å². The van der Waals surface area contributed by atoms with Crippen molar-refractivity contribution in [2.45, 2.75) is 29.6 Å². The van der Waals surface area contributed by atoms with Crippen molar-refractivity contribution in [1.82, 2.24) is 4.98 Å². The molecule has 0 amide bonds. The summed E-state index contributed by atoms with van der Waals surface area (Å²) in [6.07, 6.45) is 1.16. The fourth-order valence-electron chi connectivity index (χ4n) is 2.79. The van der Waals surface area contributed by atoms with Crippen LogP contribution in [0.2, 0.25) is 0 Å². The molecule has 10 heteroatoms. The average Bonchev–Trinajstić information content (AvgIpc) is 3.08. The summed E-state index contributed by atoms with van der Waals surface area (Å²) in [6.45, 7) is 3.81. The summed E-state index contributed by atoms with van der Waals surface area (Å²) < 4.78 is 46.7. The Morgan fingerprint density at radius 3 is 2.24 bits per heavy atom. The highest BCUT2D eigenvalue weighted by Crippen LogP contribution is 2.32. The van der Waals surface area contributed by atoms with Gasteiger partial charge in [-0.15, -0.1) is 11.3 Å². The van der Waals surface area contributed by atoms with Crippen LogP contribution in [0.25, 0.3) is 11.3 Å². The number of sulfonamides is 1. The lowest BCUT2D eigenvalue weighted by Crippen LogP contribution is -2.15. The first-order valence-electron chi connectivity index (χ1n) is 8.65. The van der Waals surface area contributed by atoms with Crippen LogP contribution in [0.1, 0.15) is 25.3 Å². The average molecular weight is 452 g/mol. The lowest BCUT2D eigenvalue weighted by Gasteiger charge is -2.12. The van der Waals surface area contributed by atoms with Gasteiger partial charge in [0.2, 0.25) is 10.0 Å². The Morgan fingerprint density at radius 1 is 1.03 bits per heavy atom. The Kier molecular flexibility index (Phi) is 5.81. The Labute approximate surface area is 174 Å². The van der Waals surface area contributed by atoms with Gasteiger partial charge in [0.25, 0.3) is 0 Å². The fourth-order valence-corrected chi connectivity index (χ4v) is 5.04. The van der Waals surface area contributed by atoms with Crippen LogP contribution >= 0.6 is 11.3 Å². The summed E-state index contributed by atoms with van der Waals surface area (Å²) in [6, 6.07) is 11.4. The fraction of sp³-hybridized carbons (Fsp3) is 0.211. The number of primary sulfonamides is 1. The van der Waals surface area contributed by atoms with Gasteiger partial charge in [0.05, 0.1) is 15.5 Å². The molecule has 0 aliphatic rings. The van der Waals surface area contributed by atoms with Crippen LogP contribution in [0, 0.1) is 0 Å². The lowest BCUT2D eigenvalue weighted by atomic mass is 10.00. The molecular formula is C19H21N3O4S3. The molecule has 0 atom stereocenters. The number of thiazole rings is 1. The molecule has 0 saturated carbocycles. The van der Waals surface area contributed by atoms with E-state index < -0.39 is 19.9 Å². The van der Waals surface area contributed by atoms with Crippen molar-refractivity contribution in [3.63, 3.8) is 0 Å². The van der Waals surface area contributed by atoms with Crippen LogP contribution in [0.5, 0.6) is 0 Å². The largest absolute Gasteiger partial charge is 0.332 e. The summed E-state index contributed by atoms with van der Waals surface area (Å²) in [7, 11) is -7.04. The topological polar surface area (TPSA) is 119 Å². The van der Waals surface area contributed by atoms with Crippen molar-refractivity contribution in [1.29, 1.82) is 0 Å². The minimum Gasteiger partial charge on any atom is -0.332 e. The molecule has 3 aromatic rings. The number of rotatable bonds is 6. The van der Waals surface area contributed by atoms with Crippen molar-refractivity contribution in [2.75, 3.05) is 11.6 Å². The molecule has 0 saturated heterocycles. The van der Waals surface area contributed by atoms with Crippen LogP contribution < -0.4 is 10.5 Å². The number of aromatic nitrogens is 1. The summed E-state index contributed by atoms with van der Waals surface area (Å²) in [5.41, 5.74) is 2.85. The predicted octanol–water partition coefficient (Wildman–Crippen LogP) is 3.73. The molecule has 0 fully saturated rings. The molecule has 2 aromatic carbocycles. The molecule has 0 aliphatic carbocycles. The molecular weight excluding hydrogens is 430 g/mol. The molecule has 0 aliphatic heterocycles. The molecule has 3 rings (SSSR count). The van der Waals surface area contributed by atoms with Crippen LogP contribution in [0.15, 0.2) is 57.6 Å². The normalized spacial score (nSPS) is 12.3. The SMILES string of the molecule is CC(C)c1cc(-c2csc(Nc3ccc(S(C)(=O)=O)cc3)n2)ccc1S(N)(=O)=O. The number of sulfone groups is 1. The zero-order chi connectivity index (χ0) is 21.4. The first-order valence-corrected chi connectivity index (χ1v) is 13.0. The Morgan fingerprint density at radius 2 is 1.69 bits per heavy atom. The smallest absolute Gasteiger partial charge is 0.238 e. The maximum atomic E-state index is 11.8. The molecule has 0 unspecified atom stereocenters. The van der Waals surface area contributed by atoms with Gasteiger partial charge in [-0.2, -0.15) is 0 Å². The lowest BCUT2D eigenvalue weighted by molar-refractivity contribution is 0.595. The maximum absolute atomic E-state index is 11.8. The number of hydrogen-bond donors (Lipinski definition) is 2. The molecule has 3 N–H and O–H groups in total. The number of benzene rings is 2. The molecule has 7 nitrogen and oxygen atoms in total. The second-order valence-corrected chi connectivity index (χ2v) is 11.3. The van der Waals surface area contributed by atoms with E-state index in [-0.39, 0.29) is 15.7 Å². The van der Waals surface area contributed by atoms with E-state index in [1.807, 2.05) is 19.2 Å². The molecule has 0 bridgehead atoms. The van der Waals surface area contributed by atoms with E-state index in [4.69, 9.17) is 5.14 Å². The van der Waals surface area contributed by atoms with E-state index in [1.165, 1.54) is 29.5 Å². The van der Waals surface area contributed by atoms with Crippen molar-refractivity contribution >= 4 is 42.0 Å². The van der Waals surface area contributed by atoms with E-state index in [0.29, 0.717) is 22.1 Å². The van der Waals surface area contributed by atoms with Crippen molar-refractivity contribution in [3.05, 3.63) is 53.4 Å². The van der Waals surface area contributed by atoms with Crippen molar-refractivity contribution in [3.8, 4) is 11.3 Å². The molecule has 154 valence electrons. The second-order valence-electron chi connectivity index (χ2n) is 6.91. The zero-order valence-electron chi connectivity index (χ0n) is 16.1. The quantitative estimate of drug-likeness (QED) is 0.589. The molecule has 0 spiro atoms. The van der Waals surface area contributed by atoms with E-state index in [0.717, 1.165) is 11.8 Å². The molecule has 1 heterocycles. The Bertz CT molecular complexity index is 1250. The number of anilines is 2. The highest BCUT2D eigenvalue weighted by molar-refractivity contribution is 7.90. The van der Waals surface area contributed by atoms with Gasteiger partial charge in [-0.1, -0.05) is 19.9 Å². The number of nitrogens with one attached hydrogen (secondary N) is 1. The van der Waals surface area contributed by atoms with E-state index in [9.17, 15) is 16.8 Å². The maximum Gasteiger partial charge on any atom is 0.238 e. The monoisotopic (exact) mass is 451 g/mol. The number of nitrogens with zero attached hydrogens (tertiary/aromatic N) is 1. The Hall–Kier alpha value is -2.27. The molecule has 1 aromatic heterocycles. The summed E-state index contributed by atoms with van der Waals surface area (Å²) in [4.78, 5) is 4.92. The third-order valence-electron chi connectivity index (χ3n) is 4.27. The van der Waals surface area contributed by atoms with Gasteiger partial charge in [0.15, 0.2) is 15.0 Å². The van der Waals surface area contributed by atoms with E-state index >= 15 is 0 Å². The van der Waals surface area contributed by atoms with Crippen LogP contribution in [-0.4, -0.2) is 28.1 Å². The van der Waals surface area contributed by atoms with E-state index in [2.05, 4.69) is 10.3 Å². The third-order valence-corrected chi connectivity index (χ3v) is 7.14. The molecule has 0 radical (unpaired) electrons. The predicted molar refractivity (Wildman–Crippen MR) is 116 cm³/mol. The van der Waals surface area contributed by atoms with Crippen LogP contribution in [0.4, 0.5) is 10.8 Å². The van der Waals surface area contributed by atoms with Gasteiger partial charge < -0.3 is 5.32 Å². The molecule has 29 heavy (non-hydrogen) atoms. The van der Waals surface area contributed by atoms with Gasteiger partial charge in [-0.3, -0.25) is 0 Å². The number of nitrogens with two attached hydrogens (primary N) is 1. The number of hydrogen-bond acceptors (Lipinski definition) is 7. The zero-order valence-corrected chi connectivity index (χ0v) is 18.5. The van der Waals surface area contributed by atoms with Crippen molar-refractivity contribution < 1.29 is 16.8 Å². The highest BCUT2D eigenvalue weighted by Gasteiger charge is 2.18. The first-order chi connectivity index (χ1) is 13.4. The highest BCUT2D eigenvalue weighted by atomic mass is 32.2. The minimum atomic E-state index is -3.80. The van der Waals surface area contributed by atoms with Gasteiger partial charge >= 0.3 is 0 Å². The summed E-state index contributed by atoms with van der Waals surface area (Å²) in [5, 5.41) is 11.0. The standard InChI is InChI=1S/C19H21N3O4S3/c1-12(2)16-10-13(4-9-18(16)29(20,25)26)17-11-27-19(22-17)21-14-5-7-15(8-6-14)28(3,23)24/h4-12H,1-3H3,(H,21,22)(H2,20,25,26). The van der Waals surface area contributed by atoms with Gasteiger partial charge in [0, 0.05) is 22.9 Å². The van der Waals surface area contributed by atoms with Crippen LogP contribution in [0.3, 0.4) is 0 Å². The second kappa shape index (κ2) is 7.86. The minimum absolute atomic E-state index is 0.0205.